The van der Waals surface area contributed by atoms with Crippen LogP contribution >= 0.6 is 0 Å². The summed E-state index contributed by atoms with van der Waals surface area (Å²) in [6.07, 6.45) is 1.58. The van der Waals surface area contributed by atoms with E-state index in [4.69, 9.17) is 0 Å². The van der Waals surface area contributed by atoms with E-state index in [9.17, 15) is 22.0 Å². The lowest BCUT2D eigenvalue weighted by molar-refractivity contribution is -0.0498. The molecule has 3 aromatic rings. The minimum Gasteiger partial charge on any atom is -0.435 e. The molecule has 1 aliphatic rings. The Morgan fingerprint density at radius 1 is 1.03 bits per heavy atom. The molecular formula is C25H24F2N2O4S. The van der Waals surface area contributed by atoms with Gasteiger partial charge in [-0.05, 0) is 66.4 Å². The van der Waals surface area contributed by atoms with Gasteiger partial charge in [0.25, 0.3) is 15.9 Å². The first-order chi connectivity index (χ1) is 16.3. The van der Waals surface area contributed by atoms with Crippen LogP contribution in [0, 0.1) is 0 Å². The smallest absolute Gasteiger partial charge is 0.387 e. The number of para-hydroxylation sites is 1. The second kappa shape index (κ2) is 9.80. The van der Waals surface area contributed by atoms with Crippen LogP contribution in [0.3, 0.4) is 0 Å². The van der Waals surface area contributed by atoms with E-state index in [1.165, 1.54) is 45.6 Å². The molecule has 1 amide bonds. The van der Waals surface area contributed by atoms with E-state index in [1.54, 1.807) is 19.2 Å². The van der Waals surface area contributed by atoms with Crippen molar-refractivity contribution in [1.82, 2.24) is 4.90 Å². The van der Waals surface area contributed by atoms with Gasteiger partial charge in [-0.25, -0.2) is 8.42 Å². The van der Waals surface area contributed by atoms with Gasteiger partial charge in [-0.2, -0.15) is 8.78 Å². The summed E-state index contributed by atoms with van der Waals surface area (Å²) in [5.41, 5.74) is 2.77. The summed E-state index contributed by atoms with van der Waals surface area (Å²) in [6, 6.07) is 19.4. The number of halogens is 2. The highest BCUT2D eigenvalue weighted by atomic mass is 32.2. The van der Waals surface area contributed by atoms with Crippen molar-refractivity contribution >= 4 is 21.6 Å². The molecule has 1 aliphatic heterocycles. The van der Waals surface area contributed by atoms with Crippen LogP contribution < -0.4 is 9.04 Å². The van der Waals surface area contributed by atoms with Crippen molar-refractivity contribution in [3.05, 3.63) is 89.5 Å². The number of hydrogen-bond acceptors (Lipinski definition) is 4. The zero-order valence-electron chi connectivity index (χ0n) is 18.5. The summed E-state index contributed by atoms with van der Waals surface area (Å²) in [6.45, 7) is -2.24. The number of hydrogen-bond donors (Lipinski definition) is 0. The minimum absolute atomic E-state index is 0.0425. The molecule has 9 heteroatoms. The van der Waals surface area contributed by atoms with E-state index in [0.717, 1.165) is 24.0 Å². The average Bonchev–Trinajstić information content (AvgIpc) is 2.84. The largest absolute Gasteiger partial charge is 0.435 e. The van der Waals surface area contributed by atoms with Crippen LogP contribution in [0.15, 0.2) is 77.7 Å². The molecule has 0 bridgehead atoms. The van der Waals surface area contributed by atoms with Gasteiger partial charge in [-0.1, -0.05) is 30.3 Å². The monoisotopic (exact) mass is 486 g/mol. The minimum atomic E-state index is -3.76. The molecule has 0 unspecified atom stereocenters. The molecule has 0 radical (unpaired) electrons. The molecular weight excluding hydrogens is 462 g/mol. The number of nitrogens with zero attached hydrogens (tertiary/aromatic N) is 2. The van der Waals surface area contributed by atoms with Crippen LogP contribution in [0.25, 0.3) is 0 Å². The van der Waals surface area contributed by atoms with Gasteiger partial charge in [0.15, 0.2) is 0 Å². The van der Waals surface area contributed by atoms with Gasteiger partial charge in [0, 0.05) is 25.7 Å². The predicted octanol–water partition coefficient (Wildman–Crippen LogP) is 4.70. The number of alkyl halides is 2. The average molecular weight is 487 g/mol. The predicted molar refractivity (Wildman–Crippen MR) is 125 cm³/mol. The first kappa shape index (κ1) is 23.7. The molecule has 0 aromatic heterocycles. The van der Waals surface area contributed by atoms with Crippen molar-refractivity contribution in [1.29, 1.82) is 0 Å². The lowest BCUT2D eigenvalue weighted by Crippen LogP contribution is -2.35. The number of carbonyl (C=O) groups excluding carboxylic acids is 1. The highest BCUT2D eigenvalue weighted by Crippen LogP contribution is 2.31. The Balaban J connectivity index is 1.46. The van der Waals surface area contributed by atoms with Crippen molar-refractivity contribution in [2.24, 2.45) is 0 Å². The van der Waals surface area contributed by atoms with E-state index in [1.807, 2.05) is 24.3 Å². The molecule has 1 heterocycles. The Hall–Kier alpha value is -3.46. The highest BCUT2D eigenvalue weighted by molar-refractivity contribution is 7.92. The molecule has 3 aromatic carbocycles. The van der Waals surface area contributed by atoms with Crippen molar-refractivity contribution in [3.8, 4) is 5.75 Å². The summed E-state index contributed by atoms with van der Waals surface area (Å²) in [5.74, 6) is -0.249. The first-order valence-corrected chi connectivity index (χ1v) is 12.2. The van der Waals surface area contributed by atoms with Gasteiger partial charge in [-0.3, -0.25) is 9.10 Å². The number of sulfonamides is 1. The SMILES string of the molecule is CN(Cc1ccc(OC(F)F)cc1)C(=O)c1ccc(S(=O)(=O)N2CCCc3ccccc32)cc1. The van der Waals surface area contributed by atoms with Crippen LogP contribution in [-0.2, 0) is 23.0 Å². The number of anilines is 1. The van der Waals surface area contributed by atoms with Crippen LogP contribution in [0.1, 0.15) is 27.9 Å². The zero-order valence-corrected chi connectivity index (χ0v) is 19.3. The third-order valence-corrected chi connectivity index (χ3v) is 7.50. The van der Waals surface area contributed by atoms with Crippen LogP contribution in [0.4, 0.5) is 14.5 Å². The van der Waals surface area contributed by atoms with Crippen molar-refractivity contribution in [2.45, 2.75) is 30.9 Å². The third-order valence-electron chi connectivity index (χ3n) is 5.67. The van der Waals surface area contributed by atoms with Gasteiger partial charge < -0.3 is 9.64 Å². The number of ether oxygens (including phenoxy) is 1. The standard InChI is InChI=1S/C25H24F2N2O4S/c1-28(17-18-8-12-21(13-9-18)33-25(26)27)24(30)20-10-14-22(15-11-20)34(31,32)29-16-4-6-19-5-2-3-7-23(19)29/h2-3,5,7-15,25H,4,6,16-17H2,1H3. The summed E-state index contributed by atoms with van der Waals surface area (Å²) in [5, 5.41) is 0. The number of benzene rings is 3. The summed E-state index contributed by atoms with van der Waals surface area (Å²) in [7, 11) is -2.14. The number of rotatable bonds is 7. The van der Waals surface area contributed by atoms with Crippen LogP contribution in [-0.4, -0.2) is 39.4 Å². The Morgan fingerprint density at radius 2 is 1.71 bits per heavy atom. The number of aryl methyl sites for hydroxylation is 1. The third kappa shape index (κ3) is 5.04. The zero-order chi connectivity index (χ0) is 24.3. The molecule has 178 valence electrons. The molecule has 0 atom stereocenters. The van der Waals surface area contributed by atoms with Crippen LogP contribution in [0.2, 0.25) is 0 Å². The maximum Gasteiger partial charge on any atom is 0.387 e. The van der Waals surface area contributed by atoms with Crippen molar-refractivity contribution < 1.29 is 26.7 Å². The fourth-order valence-corrected chi connectivity index (χ4v) is 5.53. The molecule has 34 heavy (non-hydrogen) atoms. The Labute approximate surface area is 197 Å². The summed E-state index contributed by atoms with van der Waals surface area (Å²) >= 11 is 0. The van der Waals surface area contributed by atoms with Gasteiger partial charge in [0.1, 0.15) is 5.75 Å². The lowest BCUT2D eigenvalue weighted by atomic mass is 10.0. The number of amides is 1. The van der Waals surface area contributed by atoms with E-state index >= 15 is 0 Å². The fraction of sp³-hybridized carbons (Fsp3) is 0.240. The molecule has 4 rings (SSSR count). The molecule has 0 N–H and O–H groups in total. The Bertz CT molecular complexity index is 1260. The fourth-order valence-electron chi connectivity index (χ4n) is 3.99. The molecule has 0 saturated carbocycles. The van der Waals surface area contributed by atoms with E-state index in [-0.39, 0.29) is 23.1 Å². The van der Waals surface area contributed by atoms with Gasteiger partial charge in [-0.15, -0.1) is 0 Å². The molecule has 0 fully saturated rings. The number of fused-ring (bicyclic) bond motifs is 1. The van der Waals surface area contributed by atoms with E-state index in [0.29, 0.717) is 17.8 Å². The molecule has 6 nitrogen and oxygen atoms in total. The molecule has 0 saturated heterocycles. The quantitative estimate of drug-likeness (QED) is 0.486. The maximum absolute atomic E-state index is 13.3. The maximum atomic E-state index is 13.3. The van der Waals surface area contributed by atoms with Gasteiger partial charge in [0.2, 0.25) is 0 Å². The number of carbonyl (C=O) groups is 1. The summed E-state index contributed by atoms with van der Waals surface area (Å²) < 4.78 is 56.9. The van der Waals surface area contributed by atoms with Crippen molar-refractivity contribution in [2.75, 3.05) is 17.9 Å². The lowest BCUT2D eigenvalue weighted by Gasteiger charge is -2.30. The van der Waals surface area contributed by atoms with Crippen molar-refractivity contribution in [3.63, 3.8) is 0 Å². The second-order valence-corrected chi connectivity index (χ2v) is 9.88. The second-order valence-electron chi connectivity index (χ2n) is 8.02. The first-order valence-electron chi connectivity index (χ1n) is 10.8. The van der Waals surface area contributed by atoms with Gasteiger partial charge >= 0.3 is 6.61 Å². The normalized spacial score (nSPS) is 13.5. The van der Waals surface area contributed by atoms with E-state index < -0.39 is 16.6 Å². The topological polar surface area (TPSA) is 66.9 Å². The van der Waals surface area contributed by atoms with Gasteiger partial charge in [0.05, 0.1) is 10.6 Å². The summed E-state index contributed by atoms with van der Waals surface area (Å²) in [4.78, 5) is 14.4. The highest BCUT2D eigenvalue weighted by Gasteiger charge is 2.29. The van der Waals surface area contributed by atoms with E-state index in [2.05, 4.69) is 4.74 Å². The van der Waals surface area contributed by atoms with Crippen LogP contribution in [0.5, 0.6) is 5.75 Å². The Morgan fingerprint density at radius 3 is 2.38 bits per heavy atom. The molecule has 0 spiro atoms. The molecule has 0 aliphatic carbocycles. The Kier molecular flexibility index (Phi) is 6.83.